The van der Waals surface area contributed by atoms with Crippen LogP contribution in [0.15, 0.2) is 48.6 Å². The number of primary amides is 2. The third-order valence-corrected chi connectivity index (χ3v) is 12.0. The zero-order valence-electron chi connectivity index (χ0n) is 40.5. The van der Waals surface area contributed by atoms with Crippen LogP contribution in [0, 0.1) is 20.8 Å². The number of rotatable bonds is 19. The summed E-state index contributed by atoms with van der Waals surface area (Å²) in [6.07, 6.45) is 8.83. The number of nitrogens with zero attached hydrogens (tertiary/aromatic N) is 10. The minimum atomic E-state index is -0.531. The van der Waals surface area contributed by atoms with Crippen LogP contribution in [0.2, 0.25) is 0 Å². The molecule has 20 nitrogen and oxygen atoms in total. The average Bonchev–Trinajstić information content (AvgIpc) is 4.10. The number of carbonyl (C=O) groups is 4. The average molecular weight is 935 g/mol. The zero-order chi connectivity index (χ0) is 49.1. The summed E-state index contributed by atoms with van der Waals surface area (Å²) in [4.78, 5) is 59.9. The molecule has 6 aromatic rings. The number of carbonyl (C=O) groups excluding carboxylic acids is 4. The molecule has 20 heteroatoms. The standard InChI is InChI=1S/C40H53N11O4.C7H10N2O.CH3NO/c1-7-49-34(20-26(3)46-49)38(53)45-40-44-31-21-27(37(41)52)22-33-36(31)51(40)29(24-48(33)15-11-17-55-6)13-9-8-12-28-23-47(14-10-16-54-5)32-19-25(2)18-30-35(32)50(28)39(42-4)43-30;1-3-9-7(5-10)4-6(2)8-9;2-1-3/h8-9,18-22,28-29H,7,10-17,23-24H2,1-6H3,(H2,41,52)(H,42,43)(H,44,45,53);4-5H,3H2,1-2H3;1H,(H2,2,3)/b9-8+;;. The van der Waals surface area contributed by atoms with Gasteiger partial charge in [-0.05, 0) is 102 Å². The smallest absolute Gasteiger partial charge is 0.276 e. The van der Waals surface area contributed by atoms with Crippen LogP contribution in [0.4, 0.5) is 23.3 Å². The quantitative estimate of drug-likeness (QED) is 0.0442. The van der Waals surface area contributed by atoms with Crippen molar-refractivity contribution in [1.29, 1.82) is 0 Å². The number of ether oxygens (including phenoxy) is 2. The summed E-state index contributed by atoms with van der Waals surface area (Å²) in [6, 6.07) is 11.6. The number of hydrogen-bond donors (Lipinski definition) is 4. The summed E-state index contributed by atoms with van der Waals surface area (Å²) in [5.41, 5.74) is 20.0. The highest BCUT2D eigenvalue weighted by atomic mass is 16.5. The van der Waals surface area contributed by atoms with Crippen LogP contribution in [-0.4, -0.2) is 124 Å². The Hall–Kier alpha value is -7.06. The first-order valence-corrected chi connectivity index (χ1v) is 23.0. The van der Waals surface area contributed by atoms with Crippen molar-refractivity contribution >= 4 is 69.8 Å². The number of nitrogens with two attached hydrogens (primary N) is 2. The van der Waals surface area contributed by atoms with Crippen LogP contribution in [0.1, 0.15) is 99.9 Å². The van der Waals surface area contributed by atoms with Crippen molar-refractivity contribution in [3.63, 3.8) is 0 Å². The fraction of sp³-hybridized carbons (Fsp3) is 0.458. The van der Waals surface area contributed by atoms with Crippen molar-refractivity contribution in [2.45, 2.75) is 85.5 Å². The van der Waals surface area contributed by atoms with Gasteiger partial charge in [-0.1, -0.05) is 12.2 Å². The molecule has 364 valence electrons. The Morgan fingerprint density at radius 3 is 1.82 bits per heavy atom. The van der Waals surface area contributed by atoms with Gasteiger partial charge >= 0.3 is 0 Å². The van der Waals surface area contributed by atoms with Gasteiger partial charge in [0.2, 0.25) is 24.2 Å². The SMILES string of the molecule is CCn1nc(C)cc1C(=O)Nc1nc2cc(C(N)=O)cc3c2n1C(C/C=C/CC1CN(CCCOC)c2cc(C)cc4nc(NC)n1c24)CN3CCCOC.CCn1nc(C)cc1C=O.NC=O. The molecule has 3 amide bonds. The number of aromatic nitrogens is 8. The van der Waals surface area contributed by atoms with Crippen LogP contribution in [-0.2, 0) is 27.4 Å². The van der Waals surface area contributed by atoms with Crippen LogP contribution in [0.25, 0.3) is 22.1 Å². The largest absolute Gasteiger partial charge is 0.385 e. The van der Waals surface area contributed by atoms with Crippen molar-refractivity contribution < 1.29 is 28.7 Å². The number of aryl methyl sites for hydroxylation is 5. The van der Waals surface area contributed by atoms with Gasteiger partial charge in [0.05, 0.1) is 56.9 Å². The third-order valence-electron chi connectivity index (χ3n) is 12.0. The zero-order valence-corrected chi connectivity index (χ0v) is 40.5. The lowest BCUT2D eigenvalue weighted by molar-refractivity contribution is -0.106. The molecule has 0 fully saturated rings. The van der Waals surface area contributed by atoms with E-state index in [1.807, 2.05) is 40.8 Å². The van der Waals surface area contributed by atoms with Gasteiger partial charge in [-0.3, -0.25) is 33.9 Å². The highest BCUT2D eigenvalue weighted by molar-refractivity contribution is 6.06. The first-order chi connectivity index (χ1) is 32.8. The van der Waals surface area contributed by atoms with E-state index in [-0.39, 0.29) is 24.4 Å². The Kier molecular flexibility index (Phi) is 17.1. The summed E-state index contributed by atoms with van der Waals surface area (Å²) in [5.74, 6) is 0.460. The van der Waals surface area contributed by atoms with Crippen LogP contribution < -0.4 is 31.9 Å². The van der Waals surface area contributed by atoms with E-state index in [4.69, 9.17) is 30.0 Å². The fourth-order valence-corrected chi connectivity index (χ4v) is 9.16. The van der Waals surface area contributed by atoms with Crippen molar-refractivity contribution in [2.75, 3.05) is 81.1 Å². The van der Waals surface area contributed by atoms with Gasteiger partial charge < -0.3 is 45.2 Å². The van der Waals surface area contributed by atoms with E-state index >= 15 is 0 Å². The van der Waals surface area contributed by atoms with Crippen molar-refractivity contribution in [2.24, 2.45) is 11.5 Å². The van der Waals surface area contributed by atoms with Gasteiger partial charge in [0.25, 0.3) is 5.91 Å². The normalized spacial score (nSPS) is 15.0. The molecule has 6 N–H and O–H groups in total. The molecule has 4 aromatic heterocycles. The van der Waals surface area contributed by atoms with Gasteiger partial charge in [-0.15, -0.1) is 0 Å². The van der Waals surface area contributed by atoms with E-state index in [2.05, 4.69) is 76.7 Å². The minimum Gasteiger partial charge on any atom is -0.385 e. The number of anilines is 4. The van der Waals surface area contributed by atoms with Crippen LogP contribution in [0.5, 0.6) is 0 Å². The highest BCUT2D eigenvalue weighted by Gasteiger charge is 2.33. The van der Waals surface area contributed by atoms with E-state index in [0.29, 0.717) is 61.1 Å². The highest BCUT2D eigenvalue weighted by Crippen LogP contribution is 2.42. The summed E-state index contributed by atoms with van der Waals surface area (Å²) < 4.78 is 18.7. The topological polar surface area (TPSA) is 241 Å². The second-order valence-electron chi connectivity index (χ2n) is 16.8. The van der Waals surface area contributed by atoms with Gasteiger partial charge in [0.1, 0.15) is 11.4 Å². The van der Waals surface area contributed by atoms with Gasteiger partial charge in [0.15, 0.2) is 6.29 Å². The monoisotopic (exact) mass is 935 g/mol. The lowest BCUT2D eigenvalue weighted by atomic mass is 10.0. The van der Waals surface area contributed by atoms with E-state index in [9.17, 15) is 14.4 Å². The Bertz CT molecular complexity index is 2750. The Balaban J connectivity index is 0.000000511. The van der Waals surface area contributed by atoms with Crippen molar-refractivity contribution in [3.05, 3.63) is 82.5 Å². The molecule has 68 heavy (non-hydrogen) atoms. The molecule has 6 heterocycles. The number of amides is 3. The molecule has 0 aliphatic carbocycles. The predicted molar refractivity (Wildman–Crippen MR) is 265 cm³/mol. The molecular formula is C48H66N14O6. The van der Waals surface area contributed by atoms with E-state index in [1.165, 1.54) is 11.3 Å². The molecule has 0 saturated carbocycles. The molecule has 8 rings (SSSR count). The summed E-state index contributed by atoms with van der Waals surface area (Å²) in [7, 11) is 5.38. The van der Waals surface area contributed by atoms with Crippen molar-refractivity contribution in [3.8, 4) is 0 Å². The number of imidazole rings is 2. The molecule has 2 aliphatic heterocycles. The van der Waals surface area contributed by atoms with E-state index in [0.717, 1.165) is 91.3 Å². The maximum Gasteiger partial charge on any atom is 0.276 e. The maximum atomic E-state index is 13.8. The number of nitrogens with one attached hydrogen (secondary N) is 2. The van der Waals surface area contributed by atoms with Crippen LogP contribution in [0.3, 0.4) is 0 Å². The van der Waals surface area contributed by atoms with Crippen LogP contribution >= 0.6 is 0 Å². The Labute approximate surface area is 396 Å². The number of methoxy groups -OCH3 is 2. The van der Waals surface area contributed by atoms with E-state index < -0.39 is 5.91 Å². The Morgan fingerprint density at radius 1 is 0.765 bits per heavy atom. The van der Waals surface area contributed by atoms with Gasteiger partial charge in [-0.2, -0.15) is 10.2 Å². The first kappa shape index (κ1) is 50.4. The molecule has 0 radical (unpaired) electrons. The third kappa shape index (κ3) is 11.0. The van der Waals surface area contributed by atoms with E-state index in [1.54, 1.807) is 41.8 Å². The van der Waals surface area contributed by atoms with Gasteiger partial charge in [-0.25, -0.2) is 9.97 Å². The molecule has 2 atom stereocenters. The number of hydrogen-bond acceptors (Lipinski definition) is 13. The summed E-state index contributed by atoms with van der Waals surface area (Å²) in [5, 5.41) is 15.0. The number of benzene rings is 2. The van der Waals surface area contributed by atoms with Crippen molar-refractivity contribution in [1.82, 2.24) is 38.7 Å². The molecular weight excluding hydrogens is 869 g/mol. The molecule has 0 saturated heterocycles. The first-order valence-electron chi connectivity index (χ1n) is 23.0. The lowest BCUT2D eigenvalue weighted by Gasteiger charge is -2.37. The fourth-order valence-electron chi connectivity index (χ4n) is 9.16. The molecule has 2 aromatic carbocycles. The summed E-state index contributed by atoms with van der Waals surface area (Å²) >= 11 is 0. The van der Waals surface area contributed by atoms with Gasteiger partial charge in [0, 0.05) is 79.3 Å². The molecule has 0 bridgehead atoms. The number of allylic oxidation sites excluding steroid dienone is 2. The second-order valence-corrected chi connectivity index (χ2v) is 16.8. The molecule has 0 spiro atoms. The minimum absolute atomic E-state index is 0.0720. The molecule has 2 aliphatic rings. The predicted octanol–water partition coefficient (Wildman–Crippen LogP) is 5.57. The molecule has 2 unspecified atom stereocenters. The summed E-state index contributed by atoms with van der Waals surface area (Å²) in [6.45, 7) is 15.5. The number of aldehydes is 1. The Morgan fingerprint density at radius 2 is 1.29 bits per heavy atom. The second kappa shape index (κ2) is 23.1. The lowest BCUT2D eigenvalue weighted by Crippen LogP contribution is -2.37. The maximum absolute atomic E-state index is 13.8.